The Morgan fingerprint density at radius 2 is 1.85 bits per heavy atom. The number of nitrogens with zero attached hydrogens (tertiary/aromatic N) is 2. The molecule has 0 aromatic carbocycles. The first kappa shape index (κ1) is 14.9. The number of ether oxygens (including phenoxy) is 1. The molecule has 0 aliphatic heterocycles. The molecule has 0 spiro atoms. The zero-order valence-electron chi connectivity index (χ0n) is 7.05. The van der Waals surface area contributed by atoms with Crippen molar-refractivity contribution in [3.05, 3.63) is 18.5 Å². The summed E-state index contributed by atoms with van der Waals surface area (Å²) >= 11 is 0. The van der Waals surface area contributed by atoms with Crippen LogP contribution in [0.2, 0.25) is 0 Å². The van der Waals surface area contributed by atoms with Crippen LogP contribution in [0.1, 0.15) is 6.42 Å². The highest BCUT2D eigenvalue weighted by Gasteiger charge is 1.91. The van der Waals surface area contributed by atoms with Crippen molar-refractivity contribution < 1.29 is 4.74 Å². The van der Waals surface area contributed by atoms with E-state index in [2.05, 4.69) is 9.97 Å². The molecule has 0 bridgehead atoms. The zero-order chi connectivity index (χ0) is 7.94. The Morgan fingerprint density at radius 3 is 2.38 bits per heavy atom. The Labute approximate surface area is 89.7 Å². The molecule has 2 N–H and O–H groups in total. The van der Waals surface area contributed by atoms with Crippen molar-refractivity contribution in [2.24, 2.45) is 5.73 Å². The first-order valence-electron chi connectivity index (χ1n) is 3.53. The molecule has 1 rings (SSSR count). The summed E-state index contributed by atoms with van der Waals surface area (Å²) in [6.45, 7) is 1.22. The van der Waals surface area contributed by atoms with Gasteiger partial charge in [0.15, 0.2) is 0 Å². The van der Waals surface area contributed by atoms with Crippen LogP contribution in [0.5, 0.6) is 6.01 Å². The minimum absolute atomic E-state index is 0. The summed E-state index contributed by atoms with van der Waals surface area (Å²) in [5, 5.41) is 0. The zero-order valence-corrected chi connectivity index (χ0v) is 8.68. The summed E-state index contributed by atoms with van der Waals surface area (Å²) in [4.78, 5) is 7.75. The molecule has 0 aliphatic rings. The van der Waals surface area contributed by atoms with Crippen LogP contribution in [0.3, 0.4) is 0 Å². The fourth-order valence-corrected chi connectivity index (χ4v) is 0.607. The van der Waals surface area contributed by atoms with E-state index >= 15 is 0 Å². The van der Waals surface area contributed by atoms with Crippen LogP contribution in [-0.4, -0.2) is 23.1 Å². The minimum atomic E-state index is 0. The number of halogens is 2. The van der Waals surface area contributed by atoms with Crippen molar-refractivity contribution in [1.29, 1.82) is 0 Å². The Kier molecular flexibility index (Phi) is 10.9. The van der Waals surface area contributed by atoms with E-state index in [1.165, 1.54) is 0 Å². The van der Waals surface area contributed by atoms with Crippen molar-refractivity contribution in [2.75, 3.05) is 13.2 Å². The first-order valence-corrected chi connectivity index (χ1v) is 3.53. The van der Waals surface area contributed by atoms with E-state index in [1.807, 2.05) is 0 Å². The molecule has 6 heteroatoms. The van der Waals surface area contributed by atoms with Crippen molar-refractivity contribution in [3.63, 3.8) is 0 Å². The van der Waals surface area contributed by atoms with Gasteiger partial charge >= 0.3 is 6.01 Å². The Hall–Kier alpha value is -0.580. The van der Waals surface area contributed by atoms with E-state index in [0.717, 1.165) is 6.42 Å². The molecule has 4 nitrogen and oxygen atoms in total. The van der Waals surface area contributed by atoms with Crippen LogP contribution in [0.25, 0.3) is 0 Å². The average Bonchev–Trinajstić information content (AvgIpc) is 2.07. The van der Waals surface area contributed by atoms with Gasteiger partial charge in [0, 0.05) is 12.4 Å². The van der Waals surface area contributed by atoms with Gasteiger partial charge in [0.2, 0.25) is 0 Å². The molecule has 1 aromatic rings. The third-order valence-electron chi connectivity index (χ3n) is 1.12. The highest BCUT2D eigenvalue weighted by molar-refractivity contribution is 5.85. The molecule has 1 heterocycles. The van der Waals surface area contributed by atoms with Gasteiger partial charge in [-0.1, -0.05) is 0 Å². The predicted octanol–water partition coefficient (Wildman–Crippen LogP) is 1.05. The molecule has 76 valence electrons. The van der Waals surface area contributed by atoms with Crippen molar-refractivity contribution in [1.82, 2.24) is 9.97 Å². The van der Waals surface area contributed by atoms with E-state index in [1.54, 1.807) is 18.5 Å². The molecule has 0 radical (unpaired) electrons. The van der Waals surface area contributed by atoms with Crippen molar-refractivity contribution >= 4 is 24.8 Å². The number of hydrogen-bond donors (Lipinski definition) is 1. The van der Waals surface area contributed by atoms with Gasteiger partial charge in [0.25, 0.3) is 0 Å². The summed E-state index contributed by atoms with van der Waals surface area (Å²) in [5.41, 5.74) is 5.27. The monoisotopic (exact) mass is 225 g/mol. The largest absolute Gasteiger partial charge is 0.463 e. The second-order valence-electron chi connectivity index (χ2n) is 2.02. The van der Waals surface area contributed by atoms with Gasteiger partial charge < -0.3 is 10.5 Å². The summed E-state index contributed by atoms with van der Waals surface area (Å²) in [5.74, 6) is 0. The van der Waals surface area contributed by atoms with E-state index < -0.39 is 0 Å². The van der Waals surface area contributed by atoms with E-state index in [9.17, 15) is 0 Å². The van der Waals surface area contributed by atoms with Gasteiger partial charge in [-0.15, -0.1) is 24.8 Å². The highest BCUT2D eigenvalue weighted by atomic mass is 35.5. The lowest BCUT2D eigenvalue weighted by atomic mass is 10.5. The Balaban J connectivity index is 0. The maximum atomic E-state index is 5.27. The topological polar surface area (TPSA) is 61.0 Å². The lowest BCUT2D eigenvalue weighted by Crippen LogP contribution is -2.07. The standard InChI is InChI=1S/C7H11N3O.2ClH/c8-3-1-6-11-7-9-4-2-5-10-7;;/h2,4-5H,1,3,6,8H2;2*1H. The maximum Gasteiger partial charge on any atom is 0.316 e. The summed E-state index contributed by atoms with van der Waals surface area (Å²) in [7, 11) is 0. The molecule has 1 aromatic heterocycles. The average molecular weight is 226 g/mol. The van der Waals surface area contributed by atoms with Gasteiger partial charge in [-0.2, -0.15) is 0 Å². The molecule has 0 aliphatic carbocycles. The highest BCUT2D eigenvalue weighted by Crippen LogP contribution is 1.96. The lowest BCUT2D eigenvalue weighted by molar-refractivity contribution is 0.289. The van der Waals surface area contributed by atoms with Crippen LogP contribution >= 0.6 is 24.8 Å². The number of hydrogen-bond acceptors (Lipinski definition) is 4. The molecule has 0 amide bonds. The molecule has 0 fully saturated rings. The smallest absolute Gasteiger partial charge is 0.316 e. The molecule has 0 atom stereocenters. The fourth-order valence-electron chi connectivity index (χ4n) is 0.607. The first-order chi connectivity index (χ1) is 5.43. The minimum Gasteiger partial charge on any atom is -0.463 e. The quantitative estimate of drug-likeness (QED) is 0.779. The van der Waals surface area contributed by atoms with Crippen molar-refractivity contribution in [2.45, 2.75) is 6.42 Å². The van der Waals surface area contributed by atoms with Crippen molar-refractivity contribution in [3.8, 4) is 6.01 Å². The molecular formula is C7H13Cl2N3O. The number of nitrogens with two attached hydrogens (primary N) is 1. The predicted molar refractivity (Wildman–Crippen MR) is 55.7 cm³/mol. The molecular weight excluding hydrogens is 213 g/mol. The molecule has 13 heavy (non-hydrogen) atoms. The third kappa shape index (κ3) is 6.57. The number of aromatic nitrogens is 2. The van der Waals surface area contributed by atoms with E-state index in [0.29, 0.717) is 19.2 Å². The van der Waals surface area contributed by atoms with Gasteiger partial charge in [-0.25, -0.2) is 9.97 Å². The number of rotatable bonds is 4. The SMILES string of the molecule is Cl.Cl.NCCCOc1ncccn1. The fraction of sp³-hybridized carbons (Fsp3) is 0.429. The van der Waals surface area contributed by atoms with Crippen LogP contribution in [0, 0.1) is 0 Å². The second kappa shape index (κ2) is 9.51. The van der Waals surface area contributed by atoms with E-state index in [-0.39, 0.29) is 24.8 Å². The van der Waals surface area contributed by atoms with E-state index in [4.69, 9.17) is 10.5 Å². The summed E-state index contributed by atoms with van der Waals surface area (Å²) in [6.07, 6.45) is 4.12. The Morgan fingerprint density at radius 1 is 1.23 bits per heavy atom. The second-order valence-corrected chi connectivity index (χ2v) is 2.02. The molecule has 0 saturated heterocycles. The summed E-state index contributed by atoms with van der Waals surface area (Å²) in [6, 6.07) is 2.16. The Bertz CT molecular complexity index is 198. The third-order valence-corrected chi connectivity index (χ3v) is 1.12. The maximum absolute atomic E-state index is 5.27. The van der Waals surface area contributed by atoms with Gasteiger partial charge in [-0.3, -0.25) is 0 Å². The summed E-state index contributed by atoms with van der Waals surface area (Å²) < 4.78 is 5.14. The normalized spacial score (nSPS) is 8.08. The van der Waals surface area contributed by atoms with Crippen LogP contribution < -0.4 is 10.5 Å². The lowest BCUT2D eigenvalue weighted by Gasteiger charge is -2.00. The molecule has 0 unspecified atom stereocenters. The van der Waals surface area contributed by atoms with Crippen LogP contribution in [0.4, 0.5) is 0 Å². The van der Waals surface area contributed by atoms with Crippen LogP contribution in [-0.2, 0) is 0 Å². The van der Waals surface area contributed by atoms with Gasteiger partial charge in [0.05, 0.1) is 6.61 Å². The molecule has 0 saturated carbocycles. The van der Waals surface area contributed by atoms with Gasteiger partial charge in [0.1, 0.15) is 0 Å². The van der Waals surface area contributed by atoms with Gasteiger partial charge in [-0.05, 0) is 19.0 Å². The van der Waals surface area contributed by atoms with Crippen LogP contribution in [0.15, 0.2) is 18.5 Å².